The summed E-state index contributed by atoms with van der Waals surface area (Å²) in [5, 5.41) is 19.2. The molecule has 0 spiro atoms. The molecule has 29 heavy (non-hydrogen) atoms. The van der Waals surface area contributed by atoms with Crippen molar-refractivity contribution in [3.8, 4) is 23.3 Å². The van der Waals surface area contributed by atoms with Crippen LogP contribution in [0.25, 0.3) is 0 Å². The number of nitrogens with zero attached hydrogens (tertiary/aromatic N) is 1. The zero-order chi connectivity index (χ0) is 21.3. The standard InChI is InChI=1S/C18H15BrCl2N2O5S/c1-27-16-2-9(8-22)15(28-18-13(20)3-10(19)4-14(18)21)7-17(16)29(25,26)23-11-5-12(24)6-11/h2-4,7,11-12,23-24H,5-6H2,1H3/t11-,12-. The normalized spacial score (nSPS) is 18.6. The molecule has 3 rings (SSSR count). The number of nitrogens with one attached hydrogen (secondary N) is 1. The fourth-order valence-corrected chi connectivity index (χ4v) is 5.50. The summed E-state index contributed by atoms with van der Waals surface area (Å²) < 4.78 is 39.7. The Kier molecular flexibility index (Phi) is 6.63. The number of hydrogen-bond acceptors (Lipinski definition) is 6. The molecule has 0 aromatic heterocycles. The first-order valence-electron chi connectivity index (χ1n) is 8.29. The third kappa shape index (κ3) is 4.79. The second-order valence-corrected chi connectivity index (χ2v) is 9.77. The number of hydrogen-bond donors (Lipinski definition) is 2. The molecule has 2 aromatic rings. The summed E-state index contributed by atoms with van der Waals surface area (Å²) in [7, 11) is -2.71. The number of benzene rings is 2. The fourth-order valence-electron chi connectivity index (χ4n) is 2.79. The monoisotopic (exact) mass is 520 g/mol. The molecular weight excluding hydrogens is 507 g/mol. The number of methoxy groups -OCH3 is 1. The SMILES string of the molecule is COc1cc(C#N)c(Oc2c(Cl)cc(Br)cc2Cl)cc1S(=O)(=O)N[C@H]1C[C@H](O)C1. The quantitative estimate of drug-likeness (QED) is 0.588. The van der Waals surface area contributed by atoms with E-state index in [4.69, 9.17) is 32.7 Å². The van der Waals surface area contributed by atoms with Crippen molar-refractivity contribution in [2.24, 2.45) is 0 Å². The Morgan fingerprint density at radius 1 is 1.21 bits per heavy atom. The molecule has 0 aliphatic heterocycles. The largest absolute Gasteiger partial charge is 0.495 e. The first-order chi connectivity index (χ1) is 13.6. The highest BCUT2D eigenvalue weighted by Crippen LogP contribution is 2.41. The number of aliphatic hydroxyl groups excluding tert-OH is 1. The maximum atomic E-state index is 12.8. The molecule has 1 fully saturated rings. The molecule has 0 atom stereocenters. The van der Waals surface area contributed by atoms with Crippen LogP contribution in [0.2, 0.25) is 10.0 Å². The van der Waals surface area contributed by atoms with Gasteiger partial charge in [0.05, 0.1) is 28.8 Å². The zero-order valence-corrected chi connectivity index (χ0v) is 18.9. The Balaban J connectivity index is 2.04. The Morgan fingerprint density at radius 3 is 2.34 bits per heavy atom. The van der Waals surface area contributed by atoms with Crippen molar-refractivity contribution < 1.29 is 23.0 Å². The van der Waals surface area contributed by atoms with Crippen molar-refractivity contribution in [3.05, 3.63) is 44.3 Å². The van der Waals surface area contributed by atoms with E-state index < -0.39 is 16.1 Å². The molecule has 2 aromatic carbocycles. The van der Waals surface area contributed by atoms with Crippen LogP contribution in [-0.2, 0) is 10.0 Å². The van der Waals surface area contributed by atoms with E-state index in [9.17, 15) is 18.8 Å². The third-order valence-corrected chi connectivity index (χ3v) is 6.85. The minimum atomic E-state index is -4.00. The van der Waals surface area contributed by atoms with E-state index in [1.807, 2.05) is 6.07 Å². The molecule has 7 nitrogen and oxygen atoms in total. The third-order valence-electron chi connectivity index (χ3n) is 4.29. The molecule has 0 heterocycles. The van der Waals surface area contributed by atoms with E-state index in [0.29, 0.717) is 17.3 Å². The van der Waals surface area contributed by atoms with E-state index >= 15 is 0 Å². The van der Waals surface area contributed by atoms with Crippen LogP contribution in [0, 0.1) is 11.3 Å². The molecular formula is C18H15BrCl2N2O5S. The van der Waals surface area contributed by atoms with Gasteiger partial charge in [0.2, 0.25) is 10.0 Å². The lowest BCUT2D eigenvalue weighted by Crippen LogP contribution is -2.46. The molecule has 0 amide bonds. The predicted octanol–water partition coefficient (Wildman–Crippen LogP) is 4.23. The summed E-state index contributed by atoms with van der Waals surface area (Å²) in [6.45, 7) is 0. The zero-order valence-electron chi connectivity index (χ0n) is 14.9. The lowest BCUT2D eigenvalue weighted by atomic mass is 9.91. The average Bonchev–Trinajstić information content (AvgIpc) is 2.62. The molecule has 1 saturated carbocycles. The molecule has 154 valence electrons. The molecule has 11 heteroatoms. The highest BCUT2D eigenvalue weighted by molar-refractivity contribution is 9.10. The van der Waals surface area contributed by atoms with Crippen LogP contribution in [0.3, 0.4) is 0 Å². The van der Waals surface area contributed by atoms with E-state index in [1.165, 1.54) is 19.2 Å². The van der Waals surface area contributed by atoms with Gasteiger partial charge in [-0.2, -0.15) is 5.26 Å². The number of ether oxygens (including phenoxy) is 2. The van der Waals surface area contributed by atoms with Gasteiger partial charge in [0, 0.05) is 22.6 Å². The molecule has 2 N–H and O–H groups in total. The van der Waals surface area contributed by atoms with Crippen molar-refractivity contribution in [2.75, 3.05) is 7.11 Å². The molecule has 0 unspecified atom stereocenters. The summed E-state index contributed by atoms with van der Waals surface area (Å²) in [5.41, 5.74) is 0.0370. The number of rotatable bonds is 6. The average molecular weight is 522 g/mol. The van der Waals surface area contributed by atoms with Crippen molar-refractivity contribution in [2.45, 2.75) is 29.9 Å². The Hall–Kier alpha value is -1.54. The second kappa shape index (κ2) is 8.68. The molecule has 1 aliphatic carbocycles. The lowest BCUT2D eigenvalue weighted by molar-refractivity contribution is 0.0712. The van der Waals surface area contributed by atoms with Crippen LogP contribution in [-0.4, -0.2) is 32.8 Å². The predicted molar refractivity (Wildman–Crippen MR) is 111 cm³/mol. The van der Waals surface area contributed by atoms with Gasteiger partial charge in [0.25, 0.3) is 0 Å². The van der Waals surface area contributed by atoms with Crippen LogP contribution in [0.1, 0.15) is 18.4 Å². The van der Waals surface area contributed by atoms with E-state index in [-0.39, 0.29) is 43.8 Å². The van der Waals surface area contributed by atoms with Gasteiger partial charge in [0.15, 0.2) is 5.75 Å². The van der Waals surface area contributed by atoms with Crippen LogP contribution >= 0.6 is 39.1 Å². The smallest absolute Gasteiger partial charge is 0.244 e. The first kappa shape index (κ1) is 22.2. The number of sulfonamides is 1. The first-order valence-corrected chi connectivity index (χ1v) is 11.3. The fraction of sp³-hybridized carbons (Fsp3) is 0.278. The van der Waals surface area contributed by atoms with Crippen molar-refractivity contribution in [1.82, 2.24) is 4.72 Å². The van der Waals surface area contributed by atoms with Crippen LogP contribution in [0.15, 0.2) is 33.6 Å². The maximum absolute atomic E-state index is 12.8. The summed E-state index contributed by atoms with van der Waals surface area (Å²) in [4.78, 5) is -0.209. The minimum Gasteiger partial charge on any atom is -0.495 e. The Morgan fingerprint density at radius 2 is 1.83 bits per heavy atom. The molecule has 0 saturated heterocycles. The van der Waals surface area contributed by atoms with Crippen molar-refractivity contribution >= 4 is 49.2 Å². The topological polar surface area (TPSA) is 109 Å². The van der Waals surface area contributed by atoms with Gasteiger partial charge < -0.3 is 14.6 Å². The van der Waals surface area contributed by atoms with Gasteiger partial charge in [0.1, 0.15) is 22.5 Å². The van der Waals surface area contributed by atoms with E-state index in [2.05, 4.69) is 20.7 Å². The van der Waals surface area contributed by atoms with Gasteiger partial charge in [-0.3, -0.25) is 0 Å². The van der Waals surface area contributed by atoms with Crippen LogP contribution in [0.5, 0.6) is 17.2 Å². The summed E-state index contributed by atoms with van der Waals surface area (Å²) in [5.74, 6) is 0.0133. The van der Waals surface area contributed by atoms with Crippen molar-refractivity contribution in [1.29, 1.82) is 5.26 Å². The lowest BCUT2D eigenvalue weighted by Gasteiger charge is -2.31. The van der Waals surface area contributed by atoms with E-state index in [1.54, 1.807) is 12.1 Å². The Labute approximate surface area is 186 Å². The highest BCUT2D eigenvalue weighted by Gasteiger charge is 2.33. The number of nitriles is 1. The van der Waals surface area contributed by atoms with Gasteiger partial charge in [-0.25, -0.2) is 13.1 Å². The van der Waals surface area contributed by atoms with Crippen LogP contribution in [0.4, 0.5) is 0 Å². The van der Waals surface area contributed by atoms with Gasteiger partial charge >= 0.3 is 0 Å². The summed E-state index contributed by atoms with van der Waals surface area (Å²) in [6, 6.07) is 7.12. The molecule has 0 radical (unpaired) electrons. The second-order valence-electron chi connectivity index (χ2n) is 6.36. The highest BCUT2D eigenvalue weighted by atomic mass is 79.9. The van der Waals surface area contributed by atoms with Crippen LogP contribution < -0.4 is 14.2 Å². The summed E-state index contributed by atoms with van der Waals surface area (Å²) in [6.07, 6.45) is 0.127. The minimum absolute atomic E-state index is 0.0192. The number of halogens is 3. The van der Waals surface area contributed by atoms with Gasteiger partial charge in [-0.05, 0) is 25.0 Å². The van der Waals surface area contributed by atoms with Gasteiger partial charge in [-0.15, -0.1) is 0 Å². The summed E-state index contributed by atoms with van der Waals surface area (Å²) >= 11 is 15.6. The van der Waals surface area contributed by atoms with Gasteiger partial charge in [-0.1, -0.05) is 39.1 Å². The van der Waals surface area contributed by atoms with Crippen molar-refractivity contribution in [3.63, 3.8) is 0 Å². The molecule has 1 aliphatic rings. The Bertz CT molecular complexity index is 1080. The molecule has 0 bridgehead atoms. The maximum Gasteiger partial charge on any atom is 0.244 e. The van der Waals surface area contributed by atoms with E-state index in [0.717, 1.165) is 0 Å². The number of aliphatic hydroxyl groups is 1.